The summed E-state index contributed by atoms with van der Waals surface area (Å²) in [7, 11) is -3.99. The minimum Gasteiger partial charge on any atom is -0.272 e. The van der Waals surface area contributed by atoms with Crippen LogP contribution in [0.4, 0.5) is 0 Å². The Morgan fingerprint density at radius 1 is 1.24 bits per heavy atom. The molecule has 0 saturated heterocycles. The van der Waals surface area contributed by atoms with Crippen molar-refractivity contribution in [1.29, 1.82) is 5.26 Å². The lowest BCUT2D eigenvalue weighted by molar-refractivity contribution is -0.129. The van der Waals surface area contributed by atoms with Gasteiger partial charge in [-0.25, -0.2) is 13.3 Å². The highest BCUT2D eigenvalue weighted by molar-refractivity contribution is 7.89. The number of halogens is 1. The Kier molecular flexibility index (Phi) is 6.55. The predicted octanol–water partition coefficient (Wildman–Crippen LogP) is 3.77. The third kappa shape index (κ3) is 4.77. The lowest BCUT2D eigenvalue weighted by Gasteiger charge is -2.21. The topological polar surface area (TPSA) is 90.3 Å². The van der Waals surface area contributed by atoms with Gasteiger partial charge in [-0.2, -0.15) is 9.98 Å². The molecule has 1 unspecified atom stereocenters. The summed E-state index contributed by atoms with van der Waals surface area (Å²) in [6.45, 7) is 1.81. The van der Waals surface area contributed by atoms with E-state index in [-0.39, 0.29) is 17.9 Å². The molecule has 150 valence electrons. The highest BCUT2D eigenvalue weighted by atomic mass is 35.5. The molecule has 0 bridgehead atoms. The second-order valence-electron chi connectivity index (χ2n) is 6.27. The fourth-order valence-corrected chi connectivity index (χ4v) is 5.21. The van der Waals surface area contributed by atoms with E-state index in [1.54, 1.807) is 6.92 Å². The van der Waals surface area contributed by atoms with Gasteiger partial charge in [-0.05, 0) is 60.0 Å². The van der Waals surface area contributed by atoms with Gasteiger partial charge in [0.05, 0.1) is 4.90 Å². The van der Waals surface area contributed by atoms with E-state index < -0.39 is 22.0 Å². The molecular formula is C20H18ClN3O3S2. The third-order valence-electron chi connectivity index (χ3n) is 4.41. The summed E-state index contributed by atoms with van der Waals surface area (Å²) in [6, 6.07) is 12.3. The van der Waals surface area contributed by atoms with Crippen LogP contribution in [0.1, 0.15) is 12.5 Å². The van der Waals surface area contributed by atoms with Crippen LogP contribution in [-0.2, 0) is 21.2 Å². The van der Waals surface area contributed by atoms with Crippen molar-refractivity contribution in [3.63, 3.8) is 0 Å². The van der Waals surface area contributed by atoms with Gasteiger partial charge < -0.3 is 0 Å². The molecule has 0 aliphatic heterocycles. The Balaban J connectivity index is 1.95. The number of likely N-dealkylation sites (N-methyl/N-ethyl adjacent to an activating group) is 1. The molecule has 1 heterocycles. The van der Waals surface area contributed by atoms with Crippen molar-refractivity contribution in [3.05, 3.63) is 64.5 Å². The number of sulfonamides is 1. The van der Waals surface area contributed by atoms with E-state index in [4.69, 9.17) is 11.6 Å². The Morgan fingerprint density at radius 2 is 1.93 bits per heavy atom. The summed E-state index contributed by atoms with van der Waals surface area (Å²) in [5.41, 5.74) is 0.844. The first-order valence-corrected chi connectivity index (χ1v) is 11.5. The molecule has 3 rings (SSSR count). The first-order chi connectivity index (χ1) is 13.9. The van der Waals surface area contributed by atoms with Crippen molar-refractivity contribution in [2.45, 2.75) is 24.3 Å². The van der Waals surface area contributed by atoms with Crippen molar-refractivity contribution < 1.29 is 13.2 Å². The molecule has 3 aromatic rings. The molecule has 0 fully saturated rings. The zero-order valence-corrected chi connectivity index (χ0v) is 17.9. The molecule has 1 N–H and O–H groups in total. The molecule has 0 aliphatic carbocycles. The van der Waals surface area contributed by atoms with Gasteiger partial charge in [-0.1, -0.05) is 29.8 Å². The predicted molar refractivity (Wildman–Crippen MR) is 114 cm³/mol. The molecule has 1 amide bonds. The summed E-state index contributed by atoms with van der Waals surface area (Å²) in [6.07, 6.45) is 1.95. The number of carbonyl (C=O) groups excluding carboxylic acids is 1. The molecule has 1 aromatic heterocycles. The van der Waals surface area contributed by atoms with E-state index in [1.165, 1.54) is 35.6 Å². The van der Waals surface area contributed by atoms with Crippen LogP contribution in [0.25, 0.3) is 10.1 Å². The number of rotatable bonds is 7. The molecule has 0 aliphatic rings. The van der Waals surface area contributed by atoms with Crippen molar-refractivity contribution in [2.24, 2.45) is 0 Å². The van der Waals surface area contributed by atoms with E-state index in [1.807, 2.05) is 35.8 Å². The number of nitriles is 1. The maximum atomic E-state index is 12.9. The first-order valence-electron chi connectivity index (χ1n) is 8.80. The number of nitrogens with zero attached hydrogens (tertiary/aromatic N) is 2. The molecule has 29 heavy (non-hydrogen) atoms. The number of carbonyl (C=O) groups is 1. The van der Waals surface area contributed by atoms with Gasteiger partial charge in [-0.15, -0.1) is 11.3 Å². The molecule has 0 radical (unpaired) electrons. The van der Waals surface area contributed by atoms with Crippen LogP contribution in [0.3, 0.4) is 0 Å². The molecular weight excluding hydrogens is 430 g/mol. The van der Waals surface area contributed by atoms with Crippen molar-refractivity contribution in [3.8, 4) is 6.19 Å². The number of benzene rings is 2. The quantitative estimate of drug-likeness (QED) is 0.441. The molecule has 6 nitrogen and oxygen atoms in total. The second kappa shape index (κ2) is 8.93. The minimum absolute atomic E-state index is 0.00474. The maximum absolute atomic E-state index is 12.9. The number of hydrogen-bond acceptors (Lipinski definition) is 5. The fraction of sp³-hybridized carbons (Fsp3) is 0.200. The van der Waals surface area contributed by atoms with Crippen LogP contribution in [0.15, 0.2) is 58.8 Å². The summed E-state index contributed by atoms with van der Waals surface area (Å²) < 4.78 is 29.2. The monoisotopic (exact) mass is 447 g/mol. The van der Waals surface area contributed by atoms with Crippen LogP contribution in [-0.4, -0.2) is 31.8 Å². The number of nitrogens with one attached hydrogen (secondary N) is 1. The van der Waals surface area contributed by atoms with Gasteiger partial charge in [0.15, 0.2) is 6.19 Å². The van der Waals surface area contributed by atoms with Crippen molar-refractivity contribution in [1.82, 2.24) is 9.62 Å². The van der Waals surface area contributed by atoms with Gasteiger partial charge in [-0.3, -0.25) is 4.79 Å². The van der Waals surface area contributed by atoms with E-state index in [0.29, 0.717) is 5.02 Å². The SMILES string of the molecule is CCN(C#N)C(=O)C(Cc1csc2ccccc12)NS(=O)(=O)c1ccc(Cl)cc1. The second-order valence-corrected chi connectivity index (χ2v) is 9.33. The standard InChI is InChI=1S/C20H18ClN3O3S2/c1-2-24(13-22)20(25)18(11-14-12-28-19-6-4-3-5-17(14)19)23-29(26,27)16-9-7-15(21)8-10-16/h3-10,12,18,23H,2,11H2,1H3. The van der Waals surface area contributed by atoms with E-state index in [2.05, 4.69) is 4.72 Å². The number of hydrogen-bond donors (Lipinski definition) is 1. The van der Waals surface area contributed by atoms with Gasteiger partial charge in [0.2, 0.25) is 10.0 Å². The Bertz CT molecular complexity index is 1170. The zero-order chi connectivity index (χ0) is 21.0. The Morgan fingerprint density at radius 3 is 2.59 bits per heavy atom. The van der Waals surface area contributed by atoms with Crippen molar-refractivity contribution in [2.75, 3.05) is 6.54 Å². The fourth-order valence-electron chi connectivity index (χ4n) is 2.92. The van der Waals surface area contributed by atoms with E-state index in [0.717, 1.165) is 20.5 Å². The van der Waals surface area contributed by atoms with Gasteiger partial charge in [0.1, 0.15) is 6.04 Å². The summed E-state index contributed by atoms with van der Waals surface area (Å²) in [5, 5.41) is 12.5. The summed E-state index contributed by atoms with van der Waals surface area (Å²) in [5.74, 6) is -0.595. The number of fused-ring (bicyclic) bond motifs is 1. The largest absolute Gasteiger partial charge is 0.272 e. The molecule has 9 heteroatoms. The lowest BCUT2D eigenvalue weighted by Crippen LogP contribution is -2.48. The Labute approximate surface area is 178 Å². The van der Waals surface area contributed by atoms with Gasteiger partial charge in [0, 0.05) is 16.3 Å². The van der Waals surface area contributed by atoms with Crippen LogP contribution in [0.5, 0.6) is 0 Å². The maximum Gasteiger partial charge on any atom is 0.254 e. The smallest absolute Gasteiger partial charge is 0.254 e. The number of thiophene rings is 1. The molecule has 2 aromatic carbocycles. The molecule has 0 saturated carbocycles. The summed E-state index contributed by atoms with van der Waals surface area (Å²) in [4.78, 5) is 13.8. The minimum atomic E-state index is -3.99. The van der Waals surface area contributed by atoms with E-state index >= 15 is 0 Å². The van der Waals surface area contributed by atoms with Crippen LogP contribution < -0.4 is 4.72 Å². The average Bonchev–Trinajstić information content (AvgIpc) is 3.11. The van der Waals surface area contributed by atoms with Gasteiger partial charge in [0.25, 0.3) is 5.91 Å². The van der Waals surface area contributed by atoms with Crippen LogP contribution in [0.2, 0.25) is 5.02 Å². The van der Waals surface area contributed by atoms with Gasteiger partial charge >= 0.3 is 0 Å². The normalized spacial score (nSPS) is 12.4. The van der Waals surface area contributed by atoms with Crippen LogP contribution >= 0.6 is 22.9 Å². The molecule has 1 atom stereocenters. The lowest BCUT2D eigenvalue weighted by atomic mass is 10.0. The number of amides is 1. The Hall–Kier alpha value is -2.44. The van der Waals surface area contributed by atoms with Crippen LogP contribution in [0, 0.1) is 11.5 Å². The molecule has 0 spiro atoms. The highest BCUT2D eigenvalue weighted by Gasteiger charge is 2.30. The highest BCUT2D eigenvalue weighted by Crippen LogP contribution is 2.27. The third-order valence-corrected chi connectivity index (χ3v) is 7.16. The van der Waals surface area contributed by atoms with E-state index in [9.17, 15) is 18.5 Å². The average molecular weight is 448 g/mol. The zero-order valence-electron chi connectivity index (χ0n) is 15.5. The van der Waals surface area contributed by atoms with Crippen molar-refractivity contribution >= 4 is 49.0 Å². The summed E-state index contributed by atoms with van der Waals surface area (Å²) >= 11 is 7.36. The first kappa shape index (κ1) is 21.3.